The molecule has 1 amide bonds. The lowest BCUT2D eigenvalue weighted by atomic mass is 10.0. The Morgan fingerprint density at radius 2 is 2.16 bits per heavy atom. The Morgan fingerprint density at radius 3 is 2.74 bits per heavy atom. The molecule has 0 spiro atoms. The molecule has 1 rings (SSSR count). The fraction of sp³-hybridized carbons (Fsp3) is 0.438. The minimum absolute atomic E-state index is 0.121. The van der Waals surface area contributed by atoms with E-state index in [4.69, 9.17) is 6.42 Å². The van der Waals surface area contributed by atoms with Crippen molar-refractivity contribution in [2.75, 3.05) is 0 Å². The lowest BCUT2D eigenvalue weighted by molar-refractivity contribution is 0.256. The maximum absolute atomic E-state index is 11.9. The summed E-state index contributed by atoms with van der Waals surface area (Å²) in [6.07, 6.45) is 6.37. The Bertz CT molecular complexity index is 486. The predicted molar refractivity (Wildman–Crippen MR) is 82.3 cm³/mol. The van der Waals surface area contributed by atoms with Crippen molar-refractivity contribution in [3.63, 3.8) is 0 Å². The monoisotopic (exact) mass is 275 g/mol. The summed E-state index contributed by atoms with van der Waals surface area (Å²) in [4.78, 5) is 12.8. The van der Waals surface area contributed by atoms with Gasteiger partial charge in [0.1, 0.15) is 0 Å². The van der Waals surface area contributed by atoms with Crippen LogP contribution in [-0.4, -0.2) is 10.8 Å². The van der Waals surface area contributed by atoms with E-state index in [0.717, 1.165) is 11.3 Å². The normalized spacial score (nSPS) is 11.2. The van der Waals surface area contributed by atoms with Gasteiger partial charge in [-0.1, -0.05) is 31.9 Å². The molecule has 0 saturated heterocycles. The molecule has 0 bridgehead atoms. The third-order valence-corrected chi connectivity index (χ3v) is 3.31. The van der Waals surface area contributed by atoms with Crippen LogP contribution < -0.4 is 5.32 Å². The molecule has 19 heavy (non-hydrogen) atoms. The number of carbonyl (C=O) groups excluding carboxylic acids is 1. The summed E-state index contributed by atoms with van der Waals surface area (Å²) < 4.78 is 0. The molecular weight excluding hydrogens is 254 g/mol. The fourth-order valence-electron chi connectivity index (χ4n) is 1.63. The largest absolute Gasteiger partial charge is 0.331 e. The second kappa shape index (κ2) is 6.68. The van der Waals surface area contributed by atoms with E-state index in [2.05, 4.69) is 37.2 Å². The van der Waals surface area contributed by atoms with Gasteiger partial charge in [-0.25, -0.2) is 0 Å². The number of rotatable bonds is 4. The van der Waals surface area contributed by atoms with E-state index >= 15 is 0 Å². The standard InChI is InChI=1S/C16H21NOS/c1-6-16(4,5)17-15(18)19-14-9-7-8-13(11-14)10-12(2)3/h1,7-9,11-12H,10H2,2-5H3,(H,17,18). The topological polar surface area (TPSA) is 29.1 Å². The summed E-state index contributed by atoms with van der Waals surface area (Å²) in [5.41, 5.74) is 0.642. The second-order valence-corrected chi connectivity index (χ2v) is 6.58. The Labute approximate surface area is 120 Å². The van der Waals surface area contributed by atoms with Crippen LogP contribution in [0.2, 0.25) is 0 Å². The number of nitrogens with one attached hydrogen (secondary N) is 1. The summed E-state index contributed by atoms with van der Waals surface area (Å²) in [5, 5.41) is 2.68. The van der Waals surface area contributed by atoms with E-state index in [1.165, 1.54) is 17.3 Å². The van der Waals surface area contributed by atoms with Gasteiger partial charge in [-0.2, -0.15) is 0 Å². The Hall–Kier alpha value is -1.40. The molecule has 0 heterocycles. The Morgan fingerprint density at radius 1 is 1.47 bits per heavy atom. The fourth-order valence-corrected chi connectivity index (χ4v) is 2.51. The van der Waals surface area contributed by atoms with Crippen LogP contribution in [0.5, 0.6) is 0 Å². The molecule has 0 aliphatic carbocycles. The van der Waals surface area contributed by atoms with E-state index in [9.17, 15) is 4.79 Å². The molecule has 0 saturated carbocycles. The van der Waals surface area contributed by atoms with Crippen LogP contribution in [0, 0.1) is 18.3 Å². The molecule has 0 fully saturated rings. The van der Waals surface area contributed by atoms with Gasteiger partial charge in [0.25, 0.3) is 5.24 Å². The molecule has 0 unspecified atom stereocenters. The maximum atomic E-state index is 11.9. The number of hydrogen-bond acceptors (Lipinski definition) is 2. The average Bonchev–Trinajstić information content (AvgIpc) is 2.27. The molecule has 0 atom stereocenters. The zero-order chi connectivity index (χ0) is 14.5. The van der Waals surface area contributed by atoms with Crippen LogP contribution >= 0.6 is 11.8 Å². The summed E-state index contributed by atoms with van der Waals surface area (Å²) in [7, 11) is 0. The van der Waals surface area contributed by atoms with E-state index < -0.39 is 5.54 Å². The highest BCUT2D eigenvalue weighted by molar-refractivity contribution is 8.13. The van der Waals surface area contributed by atoms with Crippen LogP contribution in [0.1, 0.15) is 33.3 Å². The second-order valence-electron chi connectivity index (χ2n) is 5.53. The molecule has 2 nitrogen and oxygen atoms in total. The molecule has 0 radical (unpaired) electrons. The number of terminal acetylenes is 1. The van der Waals surface area contributed by atoms with Crippen molar-refractivity contribution in [3.8, 4) is 12.3 Å². The van der Waals surface area contributed by atoms with E-state index in [-0.39, 0.29) is 5.24 Å². The molecule has 3 heteroatoms. The van der Waals surface area contributed by atoms with Crippen LogP contribution in [-0.2, 0) is 6.42 Å². The van der Waals surface area contributed by atoms with Crippen molar-refractivity contribution in [2.45, 2.75) is 44.6 Å². The quantitative estimate of drug-likeness (QED) is 0.662. The highest BCUT2D eigenvalue weighted by Gasteiger charge is 2.17. The van der Waals surface area contributed by atoms with Crippen molar-refractivity contribution in [2.24, 2.45) is 5.92 Å². The summed E-state index contributed by atoms with van der Waals surface area (Å²) in [6, 6.07) is 8.08. The lowest BCUT2D eigenvalue weighted by Crippen LogP contribution is -2.39. The number of hydrogen-bond donors (Lipinski definition) is 1. The third kappa shape index (κ3) is 5.85. The molecule has 0 aliphatic heterocycles. The SMILES string of the molecule is C#CC(C)(C)NC(=O)Sc1cccc(CC(C)C)c1. The predicted octanol–water partition coefficient (Wildman–Crippen LogP) is 4.10. The van der Waals surface area contributed by atoms with E-state index in [1.807, 2.05) is 12.1 Å². The van der Waals surface area contributed by atoms with Gasteiger partial charge in [0.2, 0.25) is 0 Å². The van der Waals surface area contributed by atoms with Crippen molar-refractivity contribution >= 4 is 17.0 Å². The van der Waals surface area contributed by atoms with Crippen LogP contribution in [0.15, 0.2) is 29.2 Å². The van der Waals surface area contributed by atoms with Crippen molar-refractivity contribution in [3.05, 3.63) is 29.8 Å². The highest BCUT2D eigenvalue weighted by Crippen LogP contribution is 2.22. The van der Waals surface area contributed by atoms with Gasteiger partial charge in [-0.15, -0.1) is 6.42 Å². The number of amides is 1. The first-order valence-corrected chi connectivity index (χ1v) is 7.21. The molecular formula is C16H21NOS. The molecule has 1 aromatic rings. The van der Waals surface area contributed by atoms with Gasteiger partial charge >= 0.3 is 0 Å². The van der Waals surface area contributed by atoms with Crippen LogP contribution in [0.4, 0.5) is 4.79 Å². The maximum Gasteiger partial charge on any atom is 0.285 e. The van der Waals surface area contributed by atoms with Gasteiger partial charge in [0.15, 0.2) is 0 Å². The summed E-state index contributed by atoms with van der Waals surface area (Å²) in [6.45, 7) is 7.98. The first-order valence-electron chi connectivity index (χ1n) is 6.39. The van der Waals surface area contributed by atoms with Gasteiger partial charge in [0.05, 0.1) is 5.54 Å². The molecule has 0 aromatic heterocycles. The zero-order valence-corrected chi connectivity index (χ0v) is 12.8. The number of thioether (sulfide) groups is 1. The van der Waals surface area contributed by atoms with E-state index in [0.29, 0.717) is 5.92 Å². The summed E-state index contributed by atoms with van der Waals surface area (Å²) in [5.74, 6) is 3.16. The Kier molecular flexibility index (Phi) is 5.50. The van der Waals surface area contributed by atoms with Gasteiger partial charge in [-0.3, -0.25) is 4.79 Å². The Balaban J connectivity index is 2.67. The molecule has 1 N–H and O–H groups in total. The van der Waals surface area contributed by atoms with Crippen LogP contribution in [0.3, 0.4) is 0 Å². The van der Waals surface area contributed by atoms with Crippen molar-refractivity contribution < 1.29 is 4.79 Å². The summed E-state index contributed by atoms with van der Waals surface area (Å²) >= 11 is 1.18. The third-order valence-electron chi connectivity index (χ3n) is 2.53. The lowest BCUT2D eigenvalue weighted by Gasteiger charge is -2.19. The first kappa shape index (κ1) is 15.7. The minimum Gasteiger partial charge on any atom is -0.331 e. The molecule has 1 aromatic carbocycles. The molecule has 0 aliphatic rings. The zero-order valence-electron chi connectivity index (χ0n) is 12.0. The van der Waals surface area contributed by atoms with Gasteiger partial charge in [0, 0.05) is 4.90 Å². The first-order chi connectivity index (χ1) is 8.82. The van der Waals surface area contributed by atoms with Gasteiger partial charge < -0.3 is 5.32 Å². The van der Waals surface area contributed by atoms with E-state index in [1.54, 1.807) is 13.8 Å². The van der Waals surface area contributed by atoms with Crippen molar-refractivity contribution in [1.29, 1.82) is 0 Å². The smallest absolute Gasteiger partial charge is 0.285 e. The number of benzene rings is 1. The van der Waals surface area contributed by atoms with Crippen molar-refractivity contribution in [1.82, 2.24) is 5.32 Å². The average molecular weight is 275 g/mol. The highest BCUT2D eigenvalue weighted by atomic mass is 32.2. The molecule has 102 valence electrons. The van der Waals surface area contributed by atoms with Crippen LogP contribution in [0.25, 0.3) is 0 Å². The van der Waals surface area contributed by atoms with Gasteiger partial charge in [-0.05, 0) is 55.6 Å². The minimum atomic E-state index is -0.611. The number of carbonyl (C=O) groups is 1.